The van der Waals surface area contributed by atoms with Crippen molar-refractivity contribution < 1.29 is 0 Å². The van der Waals surface area contributed by atoms with Crippen LogP contribution in [-0.2, 0) is 0 Å². The van der Waals surface area contributed by atoms with Gasteiger partial charge >= 0.3 is 0 Å². The van der Waals surface area contributed by atoms with Gasteiger partial charge in [0.15, 0.2) is 0 Å². The second kappa shape index (κ2) is 6.26. The van der Waals surface area contributed by atoms with Crippen molar-refractivity contribution in [2.75, 3.05) is 7.05 Å². The normalized spacial score (nSPS) is 12.7. The molecule has 0 aliphatic carbocycles. The number of hydrogen-bond acceptors (Lipinski definition) is 1. The van der Waals surface area contributed by atoms with Crippen LogP contribution < -0.4 is 5.32 Å². The Bertz CT molecular complexity index is 125. The van der Waals surface area contributed by atoms with Crippen LogP contribution in [0.15, 0.2) is 11.3 Å². The Labute approximate surface area is 70.9 Å². The van der Waals surface area contributed by atoms with Crippen LogP contribution in [0, 0.1) is 0 Å². The van der Waals surface area contributed by atoms with E-state index in [-0.39, 0.29) is 0 Å². The minimum Gasteiger partial charge on any atom is -0.391 e. The van der Waals surface area contributed by atoms with Crippen LogP contribution in [0.1, 0.15) is 46.5 Å². The number of rotatable bonds is 5. The van der Waals surface area contributed by atoms with E-state index in [2.05, 4.69) is 26.1 Å². The molecule has 0 amide bonds. The van der Waals surface area contributed by atoms with Gasteiger partial charge in [0.05, 0.1) is 0 Å². The van der Waals surface area contributed by atoms with Gasteiger partial charge in [-0.05, 0) is 26.2 Å². The van der Waals surface area contributed by atoms with Crippen molar-refractivity contribution in [1.82, 2.24) is 5.32 Å². The van der Waals surface area contributed by atoms with E-state index in [4.69, 9.17) is 0 Å². The zero-order valence-electron chi connectivity index (χ0n) is 8.33. The molecule has 0 aromatic heterocycles. The standard InChI is InChI=1S/C10H21N/c1-5-7-8-10(11-4)9(3)6-2/h11H,5-8H2,1-4H3/b10-9+. The minimum absolute atomic E-state index is 1.17. The molecule has 0 heterocycles. The molecular formula is C10H21N. The highest BCUT2D eigenvalue weighted by atomic mass is 14.8. The van der Waals surface area contributed by atoms with Crippen LogP contribution in [0.25, 0.3) is 0 Å². The Morgan fingerprint density at radius 2 is 1.91 bits per heavy atom. The Hall–Kier alpha value is -0.460. The van der Waals surface area contributed by atoms with E-state index in [1.54, 1.807) is 0 Å². The molecule has 0 saturated carbocycles. The molecule has 0 spiro atoms. The second-order valence-corrected chi connectivity index (χ2v) is 2.97. The average molecular weight is 155 g/mol. The summed E-state index contributed by atoms with van der Waals surface area (Å²) in [7, 11) is 2.02. The Morgan fingerprint density at radius 1 is 1.27 bits per heavy atom. The molecule has 0 saturated heterocycles. The summed E-state index contributed by atoms with van der Waals surface area (Å²) in [5.74, 6) is 0. The average Bonchev–Trinajstić information content (AvgIpc) is 2.05. The van der Waals surface area contributed by atoms with Crippen LogP contribution in [0.5, 0.6) is 0 Å². The molecule has 66 valence electrons. The third-order valence-electron chi connectivity index (χ3n) is 2.13. The fourth-order valence-corrected chi connectivity index (χ4v) is 1.12. The monoisotopic (exact) mass is 155 g/mol. The highest BCUT2D eigenvalue weighted by molar-refractivity contribution is 5.09. The largest absolute Gasteiger partial charge is 0.391 e. The van der Waals surface area contributed by atoms with Crippen molar-refractivity contribution >= 4 is 0 Å². The first-order valence-electron chi connectivity index (χ1n) is 4.62. The molecule has 11 heavy (non-hydrogen) atoms. The van der Waals surface area contributed by atoms with Crippen molar-refractivity contribution in [3.63, 3.8) is 0 Å². The fourth-order valence-electron chi connectivity index (χ4n) is 1.12. The quantitative estimate of drug-likeness (QED) is 0.643. The number of allylic oxidation sites excluding steroid dienone is 2. The molecule has 0 aliphatic heterocycles. The molecule has 0 bridgehead atoms. The molecule has 0 rings (SSSR count). The van der Waals surface area contributed by atoms with Crippen molar-refractivity contribution in [3.05, 3.63) is 11.3 Å². The van der Waals surface area contributed by atoms with E-state index in [0.717, 1.165) is 0 Å². The van der Waals surface area contributed by atoms with E-state index in [1.165, 1.54) is 37.0 Å². The summed E-state index contributed by atoms with van der Waals surface area (Å²) >= 11 is 0. The zero-order valence-corrected chi connectivity index (χ0v) is 8.33. The summed E-state index contributed by atoms with van der Waals surface area (Å²) in [4.78, 5) is 0. The van der Waals surface area contributed by atoms with Crippen LogP contribution in [0.2, 0.25) is 0 Å². The van der Waals surface area contributed by atoms with Crippen LogP contribution >= 0.6 is 0 Å². The lowest BCUT2D eigenvalue weighted by Gasteiger charge is -2.09. The van der Waals surface area contributed by atoms with E-state index in [9.17, 15) is 0 Å². The fraction of sp³-hybridized carbons (Fsp3) is 0.800. The van der Waals surface area contributed by atoms with E-state index < -0.39 is 0 Å². The molecule has 0 aromatic rings. The number of unbranched alkanes of at least 4 members (excludes halogenated alkanes) is 1. The first kappa shape index (κ1) is 10.5. The maximum Gasteiger partial charge on any atom is 0.00930 e. The number of hydrogen-bond donors (Lipinski definition) is 1. The molecule has 1 nitrogen and oxygen atoms in total. The van der Waals surface area contributed by atoms with Gasteiger partial charge in [-0.1, -0.05) is 25.8 Å². The van der Waals surface area contributed by atoms with Crippen molar-refractivity contribution in [1.29, 1.82) is 0 Å². The van der Waals surface area contributed by atoms with E-state index in [0.29, 0.717) is 0 Å². The topological polar surface area (TPSA) is 12.0 Å². The van der Waals surface area contributed by atoms with Crippen molar-refractivity contribution in [3.8, 4) is 0 Å². The highest BCUT2D eigenvalue weighted by Crippen LogP contribution is 2.11. The molecule has 0 atom stereocenters. The highest BCUT2D eigenvalue weighted by Gasteiger charge is 1.96. The van der Waals surface area contributed by atoms with Crippen molar-refractivity contribution in [2.24, 2.45) is 0 Å². The summed E-state index contributed by atoms with van der Waals surface area (Å²) in [5.41, 5.74) is 2.94. The van der Waals surface area contributed by atoms with E-state index >= 15 is 0 Å². The summed E-state index contributed by atoms with van der Waals surface area (Å²) in [6.07, 6.45) is 4.96. The maximum atomic E-state index is 3.27. The van der Waals surface area contributed by atoms with Gasteiger partial charge in [-0.25, -0.2) is 0 Å². The summed E-state index contributed by atoms with van der Waals surface area (Å²) < 4.78 is 0. The molecule has 0 radical (unpaired) electrons. The predicted octanol–water partition coefficient (Wildman–Crippen LogP) is 3.08. The summed E-state index contributed by atoms with van der Waals surface area (Å²) in [6.45, 7) is 6.65. The molecule has 0 unspecified atom stereocenters. The number of nitrogens with one attached hydrogen (secondary N) is 1. The lowest BCUT2D eigenvalue weighted by molar-refractivity contribution is 0.728. The molecule has 0 aliphatic rings. The van der Waals surface area contributed by atoms with Gasteiger partial charge in [-0.15, -0.1) is 0 Å². The SMILES string of the molecule is CCCC/C(NC)=C(/C)CC. The maximum absolute atomic E-state index is 3.27. The third-order valence-corrected chi connectivity index (χ3v) is 2.13. The summed E-state index contributed by atoms with van der Waals surface area (Å²) in [5, 5.41) is 3.27. The van der Waals surface area contributed by atoms with Crippen LogP contribution in [0.4, 0.5) is 0 Å². The van der Waals surface area contributed by atoms with Crippen molar-refractivity contribution in [2.45, 2.75) is 46.5 Å². The van der Waals surface area contributed by atoms with Gasteiger partial charge in [0.1, 0.15) is 0 Å². The van der Waals surface area contributed by atoms with Gasteiger partial charge in [-0.3, -0.25) is 0 Å². The van der Waals surface area contributed by atoms with Crippen LogP contribution in [0.3, 0.4) is 0 Å². The molecule has 1 heteroatoms. The molecule has 1 N–H and O–H groups in total. The van der Waals surface area contributed by atoms with Gasteiger partial charge in [0.25, 0.3) is 0 Å². The smallest absolute Gasteiger partial charge is 0.00930 e. The van der Waals surface area contributed by atoms with Gasteiger partial charge < -0.3 is 5.32 Å². The Balaban J connectivity index is 3.92. The first-order valence-corrected chi connectivity index (χ1v) is 4.62. The third kappa shape index (κ3) is 4.07. The molecular weight excluding hydrogens is 134 g/mol. The second-order valence-electron chi connectivity index (χ2n) is 2.97. The van der Waals surface area contributed by atoms with Gasteiger partial charge in [-0.2, -0.15) is 0 Å². The molecule has 0 aromatic carbocycles. The lowest BCUT2D eigenvalue weighted by atomic mass is 10.1. The lowest BCUT2D eigenvalue weighted by Crippen LogP contribution is -2.08. The van der Waals surface area contributed by atoms with Gasteiger partial charge in [0.2, 0.25) is 0 Å². The first-order chi connectivity index (χ1) is 5.26. The summed E-state index contributed by atoms with van der Waals surface area (Å²) in [6, 6.07) is 0. The van der Waals surface area contributed by atoms with E-state index in [1.807, 2.05) is 7.05 Å². The zero-order chi connectivity index (χ0) is 8.69. The van der Waals surface area contributed by atoms with Crippen LogP contribution in [-0.4, -0.2) is 7.05 Å². The van der Waals surface area contributed by atoms with Gasteiger partial charge in [0, 0.05) is 12.7 Å². The Morgan fingerprint density at radius 3 is 2.27 bits per heavy atom. The minimum atomic E-state index is 1.17. The predicted molar refractivity (Wildman–Crippen MR) is 51.6 cm³/mol. The molecule has 0 fully saturated rings. The Kier molecular flexibility index (Phi) is 6.00.